The molecule has 42 heavy (non-hydrogen) atoms. The number of methoxy groups -OCH3 is 1. The summed E-state index contributed by atoms with van der Waals surface area (Å²) in [5.74, 6) is 0.106. The van der Waals surface area contributed by atoms with Gasteiger partial charge in [-0.05, 0) is 66.8 Å². The van der Waals surface area contributed by atoms with Crippen molar-refractivity contribution in [2.75, 3.05) is 19.0 Å². The molecule has 10 heteroatoms. The Morgan fingerprint density at radius 2 is 1.76 bits per heavy atom. The smallest absolute Gasteiger partial charge is 0.412 e. The first-order valence-corrected chi connectivity index (χ1v) is 15.7. The Hall–Kier alpha value is -3.15. The summed E-state index contributed by atoms with van der Waals surface area (Å²) in [4.78, 5) is 26.1. The summed E-state index contributed by atoms with van der Waals surface area (Å²) in [6.45, 7) is 3.89. The molecule has 3 aromatic carbocycles. The molecule has 1 aliphatic rings. The number of thiophene rings is 1. The highest BCUT2D eigenvalue weighted by Crippen LogP contribution is 2.55. The molecule has 0 saturated heterocycles. The maximum Gasteiger partial charge on any atom is 0.412 e. The molecule has 3 unspecified atom stereocenters. The summed E-state index contributed by atoms with van der Waals surface area (Å²) in [6, 6.07) is 21.2. The second kappa shape index (κ2) is 12.6. The lowest BCUT2D eigenvalue weighted by Crippen LogP contribution is -2.25. The highest BCUT2D eigenvalue weighted by Gasteiger charge is 2.61. The second-order valence-electron chi connectivity index (χ2n) is 9.87. The van der Waals surface area contributed by atoms with E-state index in [9.17, 15) is 14.0 Å². The van der Waals surface area contributed by atoms with Gasteiger partial charge in [0.05, 0.1) is 28.6 Å². The van der Waals surface area contributed by atoms with Crippen LogP contribution in [0.3, 0.4) is 0 Å². The lowest BCUT2D eigenvalue weighted by molar-refractivity contribution is -0.146. The number of alkyl halides is 1. The molecular formula is C32H28ClFINO5S. The standard InChI is InChI=1S/C32H28ClFINO5S/c1-4-40-30(37)32(17-27(32)35)22-10-5-20(6-11-22)24-14-9-21(15-26(24)39-3)29-25(16-28(33)42-29)36-31(38)41-18(2)19-7-12-23(34)13-8-19/h5-16,18,27H,4,17H2,1-3H3,(H,36,38). The van der Waals surface area contributed by atoms with Crippen molar-refractivity contribution in [3.05, 3.63) is 94.1 Å². The number of ether oxygens (including phenoxy) is 3. The maximum atomic E-state index is 13.3. The molecule has 0 radical (unpaired) electrons. The number of rotatable bonds is 9. The fourth-order valence-electron chi connectivity index (χ4n) is 4.90. The molecule has 1 N–H and O–H groups in total. The van der Waals surface area contributed by atoms with E-state index in [0.29, 0.717) is 27.9 Å². The van der Waals surface area contributed by atoms with Crippen LogP contribution in [0.4, 0.5) is 14.9 Å². The summed E-state index contributed by atoms with van der Waals surface area (Å²) >= 11 is 9.98. The summed E-state index contributed by atoms with van der Waals surface area (Å²) in [7, 11) is 1.60. The van der Waals surface area contributed by atoms with Crippen molar-refractivity contribution in [3.63, 3.8) is 0 Å². The zero-order chi connectivity index (χ0) is 30.0. The van der Waals surface area contributed by atoms with Gasteiger partial charge in [0.15, 0.2) is 0 Å². The van der Waals surface area contributed by atoms with Gasteiger partial charge in [0.25, 0.3) is 0 Å². The van der Waals surface area contributed by atoms with Gasteiger partial charge in [-0.1, -0.05) is 82.7 Å². The number of nitrogens with one attached hydrogen (secondary N) is 1. The third kappa shape index (κ3) is 6.14. The minimum absolute atomic E-state index is 0.174. The van der Waals surface area contributed by atoms with Gasteiger partial charge in [-0.25, -0.2) is 9.18 Å². The van der Waals surface area contributed by atoms with Crippen LogP contribution in [0.2, 0.25) is 4.34 Å². The monoisotopic (exact) mass is 719 g/mol. The summed E-state index contributed by atoms with van der Waals surface area (Å²) < 4.78 is 30.6. The van der Waals surface area contributed by atoms with Crippen molar-refractivity contribution >= 4 is 63.3 Å². The van der Waals surface area contributed by atoms with Crippen molar-refractivity contribution in [1.82, 2.24) is 0 Å². The van der Waals surface area contributed by atoms with Crippen LogP contribution in [0, 0.1) is 5.82 Å². The molecule has 218 valence electrons. The lowest BCUT2D eigenvalue weighted by Gasteiger charge is -2.17. The minimum atomic E-state index is -0.656. The molecular weight excluding hydrogens is 692 g/mol. The van der Waals surface area contributed by atoms with Crippen LogP contribution in [0.1, 0.15) is 37.5 Å². The second-order valence-corrected chi connectivity index (χ2v) is 13.1. The minimum Gasteiger partial charge on any atom is -0.496 e. The lowest BCUT2D eigenvalue weighted by atomic mass is 9.93. The molecule has 1 amide bonds. The van der Waals surface area contributed by atoms with Crippen LogP contribution >= 0.6 is 45.5 Å². The van der Waals surface area contributed by atoms with Gasteiger partial charge < -0.3 is 14.2 Å². The molecule has 1 saturated carbocycles. The van der Waals surface area contributed by atoms with Gasteiger partial charge in [0.1, 0.15) is 23.1 Å². The molecule has 1 fully saturated rings. The highest BCUT2D eigenvalue weighted by molar-refractivity contribution is 14.1. The fraction of sp³-hybridized carbons (Fsp3) is 0.250. The predicted octanol–water partition coefficient (Wildman–Crippen LogP) is 9.20. The Morgan fingerprint density at radius 3 is 2.38 bits per heavy atom. The number of amides is 1. The molecule has 1 aliphatic carbocycles. The van der Waals surface area contributed by atoms with E-state index in [4.69, 9.17) is 25.8 Å². The van der Waals surface area contributed by atoms with E-state index in [2.05, 4.69) is 27.9 Å². The van der Waals surface area contributed by atoms with E-state index in [1.165, 1.54) is 23.5 Å². The Labute approximate surface area is 266 Å². The third-order valence-corrected chi connectivity index (χ3v) is 10.1. The fourth-order valence-corrected chi connectivity index (χ4v) is 7.39. The van der Waals surface area contributed by atoms with Crippen LogP contribution in [-0.4, -0.2) is 29.7 Å². The zero-order valence-corrected chi connectivity index (χ0v) is 26.8. The van der Waals surface area contributed by atoms with Crippen molar-refractivity contribution in [2.45, 2.75) is 35.7 Å². The highest BCUT2D eigenvalue weighted by atomic mass is 127. The predicted molar refractivity (Wildman–Crippen MR) is 172 cm³/mol. The van der Waals surface area contributed by atoms with Crippen LogP contribution in [-0.2, 0) is 19.7 Å². The van der Waals surface area contributed by atoms with Gasteiger partial charge in [-0.15, -0.1) is 11.3 Å². The van der Waals surface area contributed by atoms with Crippen molar-refractivity contribution in [2.24, 2.45) is 0 Å². The number of esters is 1. The van der Waals surface area contributed by atoms with E-state index in [0.717, 1.165) is 33.6 Å². The Balaban J connectivity index is 1.35. The van der Waals surface area contributed by atoms with E-state index < -0.39 is 17.6 Å². The Bertz CT molecular complexity index is 1610. The number of hydrogen-bond acceptors (Lipinski definition) is 6. The van der Waals surface area contributed by atoms with Crippen molar-refractivity contribution in [1.29, 1.82) is 0 Å². The number of halogens is 3. The number of benzene rings is 3. The zero-order valence-electron chi connectivity index (χ0n) is 23.1. The number of anilines is 1. The maximum absolute atomic E-state index is 13.3. The molecule has 0 spiro atoms. The molecule has 3 atom stereocenters. The normalized spacial score (nSPS) is 18.2. The summed E-state index contributed by atoms with van der Waals surface area (Å²) in [5, 5.41) is 2.79. The van der Waals surface area contributed by atoms with Crippen LogP contribution < -0.4 is 10.1 Å². The molecule has 5 rings (SSSR count). The van der Waals surface area contributed by atoms with Gasteiger partial charge >= 0.3 is 12.1 Å². The van der Waals surface area contributed by atoms with Gasteiger partial charge in [0, 0.05) is 9.49 Å². The molecule has 6 nitrogen and oxygen atoms in total. The number of hydrogen-bond donors (Lipinski definition) is 1. The van der Waals surface area contributed by atoms with Gasteiger partial charge in [-0.3, -0.25) is 10.1 Å². The van der Waals surface area contributed by atoms with Crippen LogP contribution in [0.15, 0.2) is 72.8 Å². The molecule has 1 heterocycles. The number of carbonyl (C=O) groups is 2. The topological polar surface area (TPSA) is 73.9 Å². The molecule has 0 aliphatic heterocycles. The third-order valence-electron chi connectivity index (χ3n) is 7.25. The SMILES string of the molecule is CCOC(=O)C1(c2ccc(-c3ccc(-c4sc(Cl)cc4NC(=O)OC(C)c4ccc(F)cc4)cc3OC)cc2)CC1I. The van der Waals surface area contributed by atoms with Crippen LogP contribution in [0.25, 0.3) is 21.6 Å². The average Bonchev–Trinajstić information content (AvgIpc) is 3.54. The largest absolute Gasteiger partial charge is 0.496 e. The first-order valence-electron chi connectivity index (χ1n) is 13.3. The summed E-state index contributed by atoms with van der Waals surface area (Å²) in [5.41, 5.74) is 4.16. The Morgan fingerprint density at radius 1 is 1.10 bits per heavy atom. The average molecular weight is 720 g/mol. The van der Waals surface area contributed by atoms with Crippen molar-refractivity contribution in [3.8, 4) is 27.3 Å². The van der Waals surface area contributed by atoms with E-state index in [1.54, 1.807) is 32.2 Å². The number of carbonyl (C=O) groups excluding carboxylic acids is 2. The molecule has 1 aromatic heterocycles. The van der Waals surface area contributed by atoms with Gasteiger partial charge in [-0.2, -0.15) is 0 Å². The first-order chi connectivity index (χ1) is 20.2. The molecule has 4 aromatic rings. The van der Waals surface area contributed by atoms with E-state index >= 15 is 0 Å². The quantitative estimate of drug-likeness (QED) is 0.106. The van der Waals surface area contributed by atoms with E-state index in [-0.39, 0.29) is 15.7 Å². The first kappa shape index (κ1) is 30.3. The Kier molecular flexibility index (Phi) is 9.10. The summed E-state index contributed by atoms with van der Waals surface area (Å²) in [6.07, 6.45) is -0.470. The molecule has 0 bridgehead atoms. The van der Waals surface area contributed by atoms with Crippen LogP contribution in [0.5, 0.6) is 5.75 Å². The van der Waals surface area contributed by atoms with Gasteiger partial charge in [0.2, 0.25) is 0 Å². The van der Waals surface area contributed by atoms with E-state index in [1.807, 2.05) is 49.4 Å². The van der Waals surface area contributed by atoms with Crippen molar-refractivity contribution < 1.29 is 28.2 Å².